The van der Waals surface area contributed by atoms with Crippen LogP contribution in [-0.4, -0.2) is 0 Å². The minimum atomic E-state index is -0.241. The number of para-hydroxylation sites is 2. The SMILES string of the molecule is CC1(C)c2ccccc2-c2ccc(N(c3ccc(-c4ccc(F)cc4)cc3)c3ccc4c(c3)Oc3ccccc3O4)cc21. The second-order valence-corrected chi connectivity index (χ2v) is 11.6. The molecule has 0 saturated carbocycles. The van der Waals surface area contributed by atoms with E-state index in [0.29, 0.717) is 23.0 Å². The lowest BCUT2D eigenvalue weighted by Crippen LogP contribution is -2.16. The molecule has 0 spiro atoms. The van der Waals surface area contributed by atoms with E-state index in [0.717, 1.165) is 28.2 Å². The minimum absolute atomic E-state index is 0.128. The Bertz CT molecular complexity index is 2010. The second-order valence-electron chi connectivity index (χ2n) is 11.6. The van der Waals surface area contributed by atoms with Gasteiger partial charge in [-0.2, -0.15) is 0 Å². The number of hydrogen-bond acceptors (Lipinski definition) is 3. The Morgan fingerprint density at radius 3 is 1.77 bits per heavy atom. The third-order valence-electron chi connectivity index (χ3n) is 8.60. The van der Waals surface area contributed by atoms with Gasteiger partial charge in [0.2, 0.25) is 0 Å². The first kappa shape index (κ1) is 25.4. The number of ether oxygens (including phenoxy) is 2. The van der Waals surface area contributed by atoms with Gasteiger partial charge in [-0.1, -0.05) is 80.6 Å². The molecule has 0 amide bonds. The Balaban J connectivity index is 1.25. The third-order valence-corrected chi connectivity index (χ3v) is 8.60. The molecule has 3 nitrogen and oxygen atoms in total. The summed E-state index contributed by atoms with van der Waals surface area (Å²) in [5.74, 6) is 2.50. The fraction of sp³-hybridized carbons (Fsp3) is 0.0769. The summed E-state index contributed by atoms with van der Waals surface area (Å²) in [5, 5.41) is 0. The lowest BCUT2D eigenvalue weighted by Gasteiger charge is -2.29. The molecule has 0 aromatic heterocycles. The van der Waals surface area contributed by atoms with Crippen LogP contribution in [0.1, 0.15) is 25.0 Å². The van der Waals surface area contributed by atoms with Crippen molar-refractivity contribution in [2.45, 2.75) is 19.3 Å². The first-order valence-corrected chi connectivity index (χ1v) is 14.4. The Kier molecular flexibility index (Phi) is 5.66. The van der Waals surface area contributed by atoms with Gasteiger partial charge < -0.3 is 14.4 Å². The smallest absolute Gasteiger partial charge is 0.172 e. The molecule has 8 rings (SSSR count). The molecule has 43 heavy (non-hydrogen) atoms. The Hall–Kier alpha value is -5.35. The zero-order valence-corrected chi connectivity index (χ0v) is 23.8. The van der Waals surface area contributed by atoms with Gasteiger partial charge in [0.1, 0.15) is 5.82 Å². The summed E-state index contributed by atoms with van der Waals surface area (Å²) in [7, 11) is 0. The lowest BCUT2D eigenvalue weighted by atomic mass is 9.82. The summed E-state index contributed by atoms with van der Waals surface area (Å²) >= 11 is 0. The van der Waals surface area contributed by atoms with Crippen molar-refractivity contribution in [3.05, 3.63) is 150 Å². The predicted octanol–water partition coefficient (Wildman–Crippen LogP) is 11.2. The molecule has 4 heteroatoms. The second kappa shape index (κ2) is 9.60. The van der Waals surface area contributed by atoms with Crippen molar-refractivity contribution < 1.29 is 13.9 Å². The van der Waals surface area contributed by atoms with E-state index in [-0.39, 0.29) is 11.2 Å². The molecule has 2 aliphatic rings. The molecular formula is C39H28FNO2. The molecule has 0 bridgehead atoms. The number of halogens is 1. The summed E-state index contributed by atoms with van der Waals surface area (Å²) in [6.45, 7) is 4.59. The summed E-state index contributed by atoms with van der Waals surface area (Å²) in [4.78, 5) is 2.25. The van der Waals surface area contributed by atoms with E-state index in [1.807, 2.05) is 36.4 Å². The van der Waals surface area contributed by atoms with Gasteiger partial charge in [0, 0.05) is 22.9 Å². The molecule has 208 valence electrons. The topological polar surface area (TPSA) is 21.7 Å². The first-order chi connectivity index (χ1) is 21.0. The van der Waals surface area contributed by atoms with Gasteiger partial charge >= 0.3 is 0 Å². The zero-order valence-electron chi connectivity index (χ0n) is 23.8. The van der Waals surface area contributed by atoms with Crippen LogP contribution in [0.15, 0.2) is 133 Å². The van der Waals surface area contributed by atoms with Crippen LogP contribution in [0.4, 0.5) is 21.5 Å². The molecule has 0 atom stereocenters. The highest BCUT2D eigenvalue weighted by Gasteiger charge is 2.35. The Labute approximate surface area is 250 Å². The number of benzene rings is 6. The van der Waals surface area contributed by atoms with E-state index < -0.39 is 0 Å². The van der Waals surface area contributed by atoms with Crippen molar-refractivity contribution in [2.24, 2.45) is 0 Å². The molecule has 0 N–H and O–H groups in total. The number of anilines is 3. The number of hydrogen-bond donors (Lipinski definition) is 0. The van der Waals surface area contributed by atoms with Crippen LogP contribution in [-0.2, 0) is 5.41 Å². The highest BCUT2D eigenvalue weighted by atomic mass is 19.1. The van der Waals surface area contributed by atoms with E-state index in [9.17, 15) is 4.39 Å². The van der Waals surface area contributed by atoms with Crippen LogP contribution in [0, 0.1) is 5.82 Å². The lowest BCUT2D eigenvalue weighted by molar-refractivity contribution is 0.360. The fourth-order valence-electron chi connectivity index (χ4n) is 6.38. The van der Waals surface area contributed by atoms with Crippen LogP contribution >= 0.6 is 0 Å². The van der Waals surface area contributed by atoms with Gasteiger partial charge in [-0.15, -0.1) is 0 Å². The van der Waals surface area contributed by atoms with Gasteiger partial charge in [0.05, 0.1) is 5.69 Å². The van der Waals surface area contributed by atoms with Crippen molar-refractivity contribution in [3.63, 3.8) is 0 Å². The minimum Gasteiger partial charge on any atom is -0.450 e. The van der Waals surface area contributed by atoms with E-state index >= 15 is 0 Å². The molecule has 0 saturated heterocycles. The quantitative estimate of drug-likeness (QED) is 0.213. The van der Waals surface area contributed by atoms with Crippen molar-refractivity contribution in [1.82, 2.24) is 0 Å². The van der Waals surface area contributed by atoms with E-state index in [1.165, 1.54) is 34.4 Å². The highest BCUT2D eigenvalue weighted by molar-refractivity contribution is 5.86. The van der Waals surface area contributed by atoms with Crippen LogP contribution in [0.25, 0.3) is 22.3 Å². The van der Waals surface area contributed by atoms with E-state index in [1.54, 1.807) is 12.1 Å². The average Bonchev–Trinajstić information content (AvgIpc) is 3.27. The summed E-state index contributed by atoms with van der Waals surface area (Å²) in [5.41, 5.74) is 10.1. The number of fused-ring (bicyclic) bond motifs is 5. The maximum atomic E-state index is 13.6. The highest BCUT2D eigenvalue weighted by Crippen LogP contribution is 2.52. The van der Waals surface area contributed by atoms with Crippen LogP contribution in [0.5, 0.6) is 23.0 Å². The standard InChI is InChI=1S/C39H28FNO2/c1-39(2)33-8-4-3-7-31(33)32-21-19-29(23-34(32)39)41(28-17-13-26(14-18-28)25-11-15-27(40)16-12-25)30-20-22-37-38(24-30)43-36-10-6-5-9-35(36)42-37/h3-24H,1-2H3. The van der Waals surface area contributed by atoms with Gasteiger partial charge in [0.15, 0.2) is 23.0 Å². The van der Waals surface area contributed by atoms with Gasteiger partial charge in [-0.05, 0) is 94.0 Å². The summed E-state index contributed by atoms with van der Waals surface area (Å²) in [6, 6.07) is 44.2. The maximum absolute atomic E-state index is 13.6. The van der Waals surface area contributed by atoms with Crippen molar-refractivity contribution in [2.75, 3.05) is 4.90 Å². The maximum Gasteiger partial charge on any atom is 0.172 e. The van der Waals surface area contributed by atoms with Crippen LogP contribution in [0.3, 0.4) is 0 Å². The summed E-state index contributed by atoms with van der Waals surface area (Å²) in [6.07, 6.45) is 0. The molecule has 6 aromatic carbocycles. The van der Waals surface area contributed by atoms with Crippen molar-refractivity contribution in [1.29, 1.82) is 0 Å². The molecule has 0 unspecified atom stereocenters. The summed E-state index contributed by atoms with van der Waals surface area (Å²) < 4.78 is 26.0. The monoisotopic (exact) mass is 561 g/mol. The number of nitrogens with zero attached hydrogens (tertiary/aromatic N) is 1. The molecule has 1 aliphatic carbocycles. The van der Waals surface area contributed by atoms with Crippen LogP contribution < -0.4 is 14.4 Å². The normalized spacial score (nSPS) is 13.6. The average molecular weight is 562 g/mol. The van der Waals surface area contributed by atoms with E-state index in [2.05, 4.69) is 91.5 Å². The number of rotatable bonds is 4. The molecule has 1 heterocycles. The van der Waals surface area contributed by atoms with Gasteiger partial charge in [0.25, 0.3) is 0 Å². The van der Waals surface area contributed by atoms with Crippen LogP contribution in [0.2, 0.25) is 0 Å². The van der Waals surface area contributed by atoms with Gasteiger partial charge in [-0.3, -0.25) is 0 Å². The largest absolute Gasteiger partial charge is 0.450 e. The molecule has 1 aliphatic heterocycles. The van der Waals surface area contributed by atoms with Crippen molar-refractivity contribution in [3.8, 4) is 45.3 Å². The fourth-order valence-corrected chi connectivity index (χ4v) is 6.38. The van der Waals surface area contributed by atoms with Gasteiger partial charge in [-0.25, -0.2) is 4.39 Å². The van der Waals surface area contributed by atoms with E-state index in [4.69, 9.17) is 9.47 Å². The zero-order chi connectivity index (χ0) is 29.1. The van der Waals surface area contributed by atoms with Crippen molar-refractivity contribution >= 4 is 17.1 Å². The molecular weight excluding hydrogens is 533 g/mol. The molecule has 0 radical (unpaired) electrons. The first-order valence-electron chi connectivity index (χ1n) is 14.4. The Morgan fingerprint density at radius 2 is 1.02 bits per heavy atom. The molecule has 6 aromatic rings. The predicted molar refractivity (Wildman–Crippen MR) is 171 cm³/mol. The third kappa shape index (κ3) is 4.18. The Morgan fingerprint density at radius 1 is 0.488 bits per heavy atom. The molecule has 0 fully saturated rings.